The minimum absolute atomic E-state index is 0.262. The van der Waals surface area contributed by atoms with Gasteiger partial charge in [0.05, 0.1) is 0 Å². The number of primary amides is 1. The Kier molecular flexibility index (Phi) is 35.3. The Morgan fingerprint density at radius 2 is 1.73 bits per heavy atom. The summed E-state index contributed by atoms with van der Waals surface area (Å²) >= 11 is 3.80. The van der Waals surface area contributed by atoms with Gasteiger partial charge in [-0.1, -0.05) is 38.5 Å². The third-order valence-electron chi connectivity index (χ3n) is 0.440. The number of rotatable bonds is 3. The van der Waals surface area contributed by atoms with Crippen molar-refractivity contribution in [3.63, 3.8) is 0 Å². The number of carbonyl (C=O) groups is 1. The molecule has 0 saturated heterocycles. The van der Waals surface area contributed by atoms with Gasteiger partial charge in [-0.05, 0) is 0 Å². The molecule has 0 atom stereocenters. The van der Waals surface area contributed by atoms with Crippen LogP contribution in [0.2, 0.25) is 0 Å². The zero-order valence-electron chi connectivity index (χ0n) is 7.76. The van der Waals surface area contributed by atoms with Crippen molar-refractivity contribution in [1.29, 1.82) is 0 Å². The van der Waals surface area contributed by atoms with Crippen LogP contribution in [0.5, 0.6) is 0 Å². The van der Waals surface area contributed by atoms with E-state index < -0.39 is 0 Å². The Bertz CT molecular complexity index is 69.5. The van der Waals surface area contributed by atoms with E-state index in [1.165, 1.54) is 10.8 Å². The molecule has 4 heteroatoms. The van der Waals surface area contributed by atoms with Crippen LogP contribution < -0.4 is 5.73 Å². The van der Waals surface area contributed by atoms with Crippen molar-refractivity contribution in [1.82, 2.24) is 0 Å². The summed E-state index contributed by atoms with van der Waals surface area (Å²) in [5, 5.41) is 0. The molecule has 0 aliphatic rings. The number of hydrogen-bond acceptors (Lipinski definition) is 3. The van der Waals surface area contributed by atoms with E-state index >= 15 is 0 Å². The number of thiol groups is 1. The summed E-state index contributed by atoms with van der Waals surface area (Å²) in [6, 6.07) is 0. The quantitative estimate of drug-likeness (QED) is 0.539. The lowest BCUT2D eigenvalue weighted by Crippen LogP contribution is -2.10. The van der Waals surface area contributed by atoms with Crippen molar-refractivity contribution in [3.8, 4) is 0 Å². The van der Waals surface area contributed by atoms with Gasteiger partial charge in [0.25, 0.3) is 0 Å². The van der Waals surface area contributed by atoms with Crippen LogP contribution in [0, 0.1) is 0 Å². The molecule has 1 amide bonds. The molecule has 0 aliphatic heterocycles. The number of carbonyl (C=O) groups excluding carboxylic acids is 1. The smallest absolute Gasteiger partial charge is 0.218 e. The van der Waals surface area contributed by atoms with Gasteiger partial charge in [-0.25, -0.2) is 0 Å². The molecule has 0 radical (unpaired) electrons. The van der Waals surface area contributed by atoms with Gasteiger partial charge < -0.3 is 5.73 Å². The molecule has 11 heavy (non-hydrogen) atoms. The molecule has 0 heterocycles. The number of amides is 1. The minimum Gasteiger partial charge on any atom is -0.370 e. The highest BCUT2D eigenvalue weighted by Crippen LogP contribution is 2.04. The average molecular weight is 197 g/mol. The SMILES string of the molecule is CC.CC.NC(=O)CCSS. The first-order chi connectivity index (χ1) is 5.27. The van der Waals surface area contributed by atoms with Crippen molar-refractivity contribution < 1.29 is 4.79 Å². The molecule has 2 nitrogen and oxygen atoms in total. The molecule has 0 aliphatic carbocycles. The molecule has 0 fully saturated rings. The summed E-state index contributed by atoms with van der Waals surface area (Å²) in [6.45, 7) is 8.00. The molecule has 0 rings (SSSR count). The van der Waals surface area contributed by atoms with Gasteiger partial charge in [0.1, 0.15) is 0 Å². The summed E-state index contributed by atoms with van der Waals surface area (Å²) in [4.78, 5) is 9.93. The van der Waals surface area contributed by atoms with E-state index in [1.807, 2.05) is 27.7 Å². The predicted octanol–water partition coefficient (Wildman–Crippen LogP) is 2.49. The second kappa shape index (κ2) is 22.5. The van der Waals surface area contributed by atoms with Gasteiger partial charge in [0.15, 0.2) is 0 Å². The van der Waals surface area contributed by atoms with E-state index in [1.54, 1.807) is 0 Å². The topological polar surface area (TPSA) is 43.1 Å². The molecular weight excluding hydrogens is 178 g/mol. The fourth-order valence-electron chi connectivity index (χ4n) is 0.146. The highest BCUT2D eigenvalue weighted by Gasteiger charge is 1.89. The lowest BCUT2D eigenvalue weighted by atomic mass is 10.5. The lowest BCUT2D eigenvalue weighted by Gasteiger charge is -1.86. The van der Waals surface area contributed by atoms with E-state index in [-0.39, 0.29) is 5.91 Å². The van der Waals surface area contributed by atoms with Crippen LogP contribution in [0.4, 0.5) is 0 Å². The summed E-state index contributed by atoms with van der Waals surface area (Å²) in [7, 11) is 1.32. The van der Waals surface area contributed by atoms with E-state index in [2.05, 4.69) is 11.7 Å². The minimum atomic E-state index is -0.262. The maximum atomic E-state index is 9.93. The summed E-state index contributed by atoms with van der Waals surface area (Å²) in [6.07, 6.45) is 0.425. The second-order valence-corrected chi connectivity index (χ2v) is 2.49. The highest BCUT2D eigenvalue weighted by atomic mass is 33.1. The first kappa shape index (κ1) is 17.3. The van der Waals surface area contributed by atoms with Gasteiger partial charge in [-0.15, -0.1) is 11.7 Å². The predicted molar refractivity (Wildman–Crippen MR) is 58.0 cm³/mol. The third-order valence-corrected chi connectivity index (χ3v) is 1.37. The molecule has 0 saturated carbocycles. The van der Waals surface area contributed by atoms with Crippen LogP contribution in [0.25, 0.3) is 0 Å². The fourth-order valence-corrected chi connectivity index (χ4v) is 0.713. The molecule has 0 aromatic rings. The van der Waals surface area contributed by atoms with Crippen molar-refractivity contribution >= 4 is 28.4 Å². The molecule has 2 N–H and O–H groups in total. The summed E-state index contributed by atoms with van der Waals surface area (Å²) < 4.78 is 0. The average Bonchev–Trinajstić information content (AvgIpc) is 2.08. The van der Waals surface area contributed by atoms with E-state index in [9.17, 15) is 4.79 Å². The third kappa shape index (κ3) is 39.0. The Morgan fingerprint density at radius 3 is 1.82 bits per heavy atom. The molecular formula is C7H19NOS2. The summed E-state index contributed by atoms with van der Waals surface area (Å²) in [5.74, 6) is 0.444. The number of hydrogen-bond donors (Lipinski definition) is 2. The Labute approximate surface area is 79.1 Å². The van der Waals surface area contributed by atoms with Crippen LogP contribution in [0.1, 0.15) is 34.1 Å². The summed E-state index contributed by atoms with van der Waals surface area (Å²) in [5.41, 5.74) is 4.79. The molecule has 0 unspecified atom stereocenters. The van der Waals surface area contributed by atoms with Gasteiger partial charge in [-0.3, -0.25) is 4.79 Å². The molecule has 0 aromatic carbocycles. The molecule has 0 spiro atoms. The van der Waals surface area contributed by atoms with Gasteiger partial charge in [0.2, 0.25) is 5.91 Å². The monoisotopic (exact) mass is 197 g/mol. The van der Waals surface area contributed by atoms with Crippen LogP contribution in [0.3, 0.4) is 0 Å². The van der Waals surface area contributed by atoms with Gasteiger partial charge >= 0.3 is 0 Å². The Hall–Kier alpha value is 0.170. The van der Waals surface area contributed by atoms with Gasteiger partial charge in [-0.2, -0.15) is 0 Å². The molecule has 0 aromatic heterocycles. The van der Waals surface area contributed by atoms with Gasteiger partial charge in [0, 0.05) is 12.2 Å². The van der Waals surface area contributed by atoms with Crippen molar-refractivity contribution in [3.05, 3.63) is 0 Å². The van der Waals surface area contributed by atoms with E-state index in [0.29, 0.717) is 12.2 Å². The van der Waals surface area contributed by atoms with Crippen LogP contribution in [-0.2, 0) is 4.79 Å². The van der Waals surface area contributed by atoms with Crippen LogP contribution >= 0.6 is 22.5 Å². The zero-order valence-corrected chi connectivity index (χ0v) is 9.47. The standard InChI is InChI=1S/C3H7NOS2.2C2H6/c4-3(5)1-2-7-6;2*1-2/h6H,1-2H2,(H2,4,5);2*1-2H3. The zero-order chi connectivity index (χ0) is 9.70. The molecule has 0 bridgehead atoms. The van der Waals surface area contributed by atoms with Crippen molar-refractivity contribution in [2.45, 2.75) is 34.1 Å². The van der Waals surface area contributed by atoms with E-state index in [4.69, 9.17) is 5.73 Å². The van der Waals surface area contributed by atoms with Crippen LogP contribution in [0.15, 0.2) is 0 Å². The van der Waals surface area contributed by atoms with E-state index in [0.717, 1.165) is 0 Å². The number of nitrogens with two attached hydrogens (primary N) is 1. The lowest BCUT2D eigenvalue weighted by molar-refractivity contribution is -0.117. The second-order valence-electron chi connectivity index (χ2n) is 1.05. The maximum absolute atomic E-state index is 9.93. The van der Waals surface area contributed by atoms with Crippen LogP contribution in [-0.4, -0.2) is 11.7 Å². The normalized spacial score (nSPS) is 6.64. The first-order valence-electron chi connectivity index (χ1n) is 3.82. The Balaban J connectivity index is -0.000000138. The molecule has 70 valence electrons. The Morgan fingerprint density at radius 1 is 1.36 bits per heavy atom. The largest absolute Gasteiger partial charge is 0.370 e. The first-order valence-corrected chi connectivity index (χ1v) is 5.86. The van der Waals surface area contributed by atoms with Crippen molar-refractivity contribution in [2.24, 2.45) is 5.73 Å². The van der Waals surface area contributed by atoms with Crippen molar-refractivity contribution in [2.75, 3.05) is 5.75 Å². The fraction of sp³-hybridized carbons (Fsp3) is 0.857. The highest BCUT2D eigenvalue weighted by molar-refractivity contribution is 8.68. The maximum Gasteiger partial charge on any atom is 0.218 e.